The van der Waals surface area contributed by atoms with Gasteiger partial charge in [0.15, 0.2) is 0 Å². The van der Waals surface area contributed by atoms with Gasteiger partial charge in [-0.25, -0.2) is 0 Å². The predicted octanol–water partition coefficient (Wildman–Crippen LogP) is 4.08. The van der Waals surface area contributed by atoms with E-state index in [1.165, 1.54) is 21.5 Å². The van der Waals surface area contributed by atoms with Crippen molar-refractivity contribution < 1.29 is 0 Å². The van der Waals surface area contributed by atoms with E-state index < -0.39 is 0 Å². The maximum absolute atomic E-state index is 3.55. The Hall–Kier alpha value is 0.140. The van der Waals surface area contributed by atoms with E-state index in [1.54, 1.807) is 0 Å². The third-order valence-corrected chi connectivity index (χ3v) is 4.37. The third kappa shape index (κ3) is 4.66. The fourth-order valence-corrected chi connectivity index (χ4v) is 3.15. The van der Waals surface area contributed by atoms with Crippen molar-refractivity contribution >= 4 is 27.3 Å². The Morgan fingerprint density at radius 2 is 2.13 bits per heavy atom. The average molecular weight is 290 g/mol. The van der Waals surface area contributed by atoms with Crippen LogP contribution in [0.4, 0.5) is 0 Å². The minimum absolute atomic E-state index is 0.603. The van der Waals surface area contributed by atoms with Gasteiger partial charge in [-0.15, -0.1) is 11.3 Å². The highest BCUT2D eigenvalue weighted by molar-refractivity contribution is 9.11. The molecule has 0 radical (unpaired) electrons. The zero-order chi connectivity index (χ0) is 11.3. The molecule has 0 bridgehead atoms. The maximum atomic E-state index is 3.55. The van der Waals surface area contributed by atoms with E-state index in [4.69, 9.17) is 0 Å². The first-order valence-electron chi connectivity index (χ1n) is 5.61. The Kier molecular flexibility index (Phi) is 5.87. The van der Waals surface area contributed by atoms with Gasteiger partial charge in [0.05, 0.1) is 3.79 Å². The number of rotatable bonds is 6. The van der Waals surface area contributed by atoms with Crippen LogP contribution in [0.25, 0.3) is 0 Å². The highest BCUT2D eigenvalue weighted by Crippen LogP contribution is 2.25. The lowest BCUT2D eigenvalue weighted by molar-refractivity contribution is 0.401. The molecule has 0 spiro atoms. The first-order chi connectivity index (χ1) is 7.13. The third-order valence-electron chi connectivity index (χ3n) is 2.72. The summed E-state index contributed by atoms with van der Waals surface area (Å²) in [7, 11) is 0. The molecule has 1 rings (SSSR count). The minimum Gasteiger partial charge on any atom is -0.314 e. The van der Waals surface area contributed by atoms with Gasteiger partial charge in [0, 0.05) is 10.9 Å². The fourth-order valence-electron chi connectivity index (χ4n) is 1.53. The smallest absolute Gasteiger partial charge is 0.0701 e. The van der Waals surface area contributed by atoms with Crippen molar-refractivity contribution in [2.24, 2.45) is 5.92 Å². The molecule has 0 aromatic carbocycles. The molecule has 86 valence electrons. The van der Waals surface area contributed by atoms with Crippen molar-refractivity contribution in [3.8, 4) is 0 Å². The topological polar surface area (TPSA) is 12.0 Å². The predicted molar refractivity (Wildman–Crippen MR) is 72.6 cm³/mol. The molecule has 0 aliphatic carbocycles. The van der Waals surface area contributed by atoms with Gasteiger partial charge in [0.2, 0.25) is 0 Å². The fraction of sp³-hybridized carbons (Fsp3) is 0.667. The quantitative estimate of drug-likeness (QED) is 0.832. The number of halogens is 1. The van der Waals surface area contributed by atoms with Crippen LogP contribution >= 0.6 is 27.3 Å². The molecule has 15 heavy (non-hydrogen) atoms. The van der Waals surface area contributed by atoms with Crippen LogP contribution in [-0.4, -0.2) is 12.6 Å². The Morgan fingerprint density at radius 3 is 2.67 bits per heavy atom. The molecule has 0 aliphatic rings. The molecule has 0 aliphatic heterocycles. The molecule has 3 heteroatoms. The molecular formula is C12H20BrNS. The van der Waals surface area contributed by atoms with Gasteiger partial charge >= 0.3 is 0 Å². The van der Waals surface area contributed by atoms with Crippen LogP contribution in [0.3, 0.4) is 0 Å². The van der Waals surface area contributed by atoms with E-state index in [9.17, 15) is 0 Å². The second kappa shape index (κ2) is 6.66. The van der Waals surface area contributed by atoms with Gasteiger partial charge in [-0.1, -0.05) is 13.8 Å². The molecule has 0 saturated carbocycles. The van der Waals surface area contributed by atoms with Crippen LogP contribution in [0.15, 0.2) is 15.9 Å². The van der Waals surface area contributed by atoms with E-state index >= 15 is 0 Å². The number of hydrogen-bond donors (Lipinski definition) is 1. The van der Waals surface area contributed by atoms with Crippen molar-refractivity contribution in [3.05, 3.63) is 20.8 Å². The molecule has 1 heterocycles. The Bertz CT molecular complexity index is 285. The summed E-state index contributed by atoms with van der Waals surface area (Å²) in [5.41, 5.74) is 0. The number of nitrogens with one attached hydrogen (secondary N) is 1. The van der Waals surface area contributed by atoms with Gasteiger partial charge in [0.25, 0.3) is 0 Å². The van der Waals surface area contributed by atoms with Crippen molar-refractivity contribution in [2.45, 2.75) is 39.7 Å². The maximum Gasteiger partial charge on any atom is 0.0701 e. The first-order valence-corrected chi connectivity index (χ1v) is 7.22. The summed E-state index contributed by atoms with van der Waals surface area (Å²) in [6.07, 6.45) is 2.38. The highest BCUT2D eigenvalue weighted by Gasteiger charge is 2.12. The molecule has 1 aromatic rings. The highest BCUT2D eigenvalue weighted by atomic mass is 79.9. The van der Waals surface area contributed by atoms with Crippen LogP contribution in [0.1, 0.15) is 32.1 Å². The van der Waals surface area contributed by atoms with Crippen molar-refractivity contribution in [2.75, 3.05) is 6.54 Å². The standard InChI is InChI=1S/C12H20BrNS/c1-4-7-14-10(3)9(2)8-11-5-6-12(13)15-11/h5-6,9-10,14H,4,7-8H2,1-3H3. The molecule has 1 aromatic heterocycles. The molecule has 0 fully saturated rings. The van der Waals surface area contributed by atoms with Gasteiger partial charge in [-0.3, -0.25) is 0 Å². The minimum atomic E-state index is 0.603. The van der Waals surface area contributed by atoms with Crippen molar-refractivity contribution in [1.29, 1.82) is 0 Å². The van der Waals surface area contributed by atoms with E-state index in [-0.39, 0.29) is 0 Å². The summed E-state index contributed by atoms with van der Waals surface area (Å²) in [5.74, 6) is 0.696. The Morgan fingerprint density at radius 1 is 1.40 bits per heavy atom. The zero-order valence-corrected chi connectivity index (χ0v) is 12.1. The monoisotopic (exact) mass is 289 g/mol. The lowest BCUT2D eigenvalue weighted by atomic mass is 9.99. The molecule has 1 N–H and O–H groups in total. The normalized spacial score (nSPS) is 15.2. The van der Waals surface area contributed by atoms with E-state index in [0.717, 1.165) is 6.54 Å². The average Bonchev–Trinajstić information content (AvgIpc) is 2.60. The number of hydrogen-bond acceptors (Lipinski definition) is 2. The molecule has 0 amide bonds. The second-order valence-corrected chi connectivity index (χ2v) is 6.68. The molecular weight excluding hydrogens is 270 g/mol. The van der Waals surface area contributed by atoms with Gasteiger partial charge in [0.1, 0.15) is 0 Å². The summed E-state index contributed by atoms with van der Waals surface area (Å²) >= 11 is 5.35. The molecule has 2 unspecified atom stereocenters. The van der Waals surface area contributed by atoms with Crippen LogP contribution in [-0.2, 0) is 6.42 Å². The van der Waals surface area contributed by atoms with Gasteiger partial charge in [-0.05, 0) is 60.3 Å². The van der Waals surface area contributed by atoms with E-state index in [2.05, 4.69) is 54.2 Å². The summed E-state index contributed by atoms with van der Waals surface area (Å²) in [4.78, 5) is 1.47. The van der Waals surface area contributed by atoms with Crippen LogP contribution in [0.2, 0.25) is 0 Å². The summed E-state index contributed by atoms with van der Waals surface area (Å²) in [5, 5.41) is 3.55. The van der Waals surface area contributed by atoms with Gasteiger partial charge < -0.3 is 5.32 Å². The van der Waals surface area contributed by atoms with Crippen molar-refractivity contribution in [3.63, 3.8) is 0 Å². The zero-order valence-electron chi connectivity index (χ0n) is 9.72. The lowest BCUT2D eigenvalue weighted by Crippen LogP contribution is -2.33. The second-order valence-electron chi connectivity index (χ2n) is 4.13. The summed E-state index contributed by atoms with van der Waals surface area (Å²) in [6.45, 7) is 7.93. The van der Waals surface area contributed by atoms with E-state index in [0.29, 0.717) is 12.0 Å². The van der Waals surface area contributed by atoms with E-state index in [1.807, 2.05) is 11.3 Å². The Balaban J connectivity index is 2.37. The molecule has 0 saturated heterocycles. The van der Waals surface area contributed by atoms with Crippen LogP contribution < -0.4 is 5.32 Å². The van der Waals surface area contributed by atoms with Gasteiger partial charge in [-0.2, -0.15) is 0 Å². The SMILES string of the molecule is CCCNC(C)C(C)Cc1ccc(Br)s1. The first kappa shape index (κ1) is 13.2. The van der Waals surface area contributed by atoms with Crippen LogP contribution in [0, 0.1) is 5.92 Å². The molecule has 2 atom stereocenters. The Labute approximate surface area is 105 Å². The van der Waals surface area contributed by atoms with Crippen molar-refractivity contribution in [1.82, 2.24) is 5.32 Å². The summed E-state index contributed by atoms with van der Waals surface area (Å²) < 4.78 is 1.24. The van der Waals surface area contributed by atoms with Crippen LogP contribution in [0.5, 0.6) is 0 Å². The summed E-state index contributed by atoms with van der Waals surface area (Å²) in [6, 6.07) is 4.96. The largest absolute Gasteiger partial charge is 0.314 e. The number of thiophene rings is 1. The lowest BCUT2D eigenvalue weighted by Gasteiger charge is -2.20. The molecule has 1 nitrogen and oxygen atoms in total.